The average molecular weight is 633 g/mol. The van der Waals surface area contributed by atoms with Crippen molar-refractivity contribution in [3.05, 3.63) is 108 Å². The van der Waals surface area contributed by atoms with Gasteiger partial charge in [0.15, 0.2) is 0 Å². The van der Waals surface area contributed by atoms with E-state index in [1.807, 2.05) is 56.3 Å². The predicted octanol–water partition coefficient (Wildman–Crippen LogP) is 7.65. The number of halogens is 1. The third kappa shape index (κ3) is 6.41. The molecule has 11 heteroatoms. The minimum atomic E-state index is -0.467. The maximum absolute atomic E-state index is 14.9. The van der Waals surface area contributed by atoms with Crippen molar-refractivity contribution in [1.82, 2.24) is 15.0 Å². The van der Waals surface area contributed by atoms with E-state index < -0.39 is 5.82 Å². The first-order valence-electron chi connectivity index (χ1n) is 15.0. The fourth-order valence-electron chi connectivity index (χ4n) is 5.38. The first kappa shape index (κ1) is 31.0. The van der Waals surface area contributed by atoms with Crippen LogP contribution < -0.4 is 30.2 Å². The van der Waals surface area contributed by atoms with Crippen molar-refractivity contribution in [3.63, 3.8) is 0 Å². The molecular weight excluding hydrogens is 599 g/mol. The average Bonchev–Trinajstić information content (AvgIpc) is 3.09. The number of benzene rings is 4. The van der Waals surface area contributed by atoms with E-state index >= 15 is 0 Å². The van der Waals surface area contributed by atoms with E-state index in [4.69, 9.17) is 14.2 Å². The molecule has 0 saturated heterocycles. The summed E-state index contributed by atoms with van der Waals surface area (Å²) in [5, 5.41) is 11.7. The number of aryl methyl sites for hydroxylation is 1. The van der Waals surface area contributed by atoms with E-state index in [2.05, 4.69) is 30.9 Å². The Labute approximate surface area is 270 Å². The normalized spacial score (nSPS) is 10.9. The lowest BCUT2D eigenvalue weighted by Gasteiger charge is -2.16. The van der Waals surface area contributed by atoms with Gasteiger partial charge in [0.05, 0.1) is 43.3 Å². The Kier molecular flexibility index (Phi) is 8.96. The summed E-state index contributed by atoms with van der Waals surface area (Å²) >= 11 is 0. The van der Waals surface area contributed by atoms with Gasteiger partial charge in [-0.25, -0.2) is 19.3 Å². The number of anilines is 4. The SMILES string of the molecule is CCOc1ccc(Nc2nccc3c(NC(=O)c4cccc5c(NCc6ccc(OC)cc6OC)ncnc45)c(C)ccc23)c(F)c1. The number of para-hydroxylation sites is 1. The number of carbonyl (C=O) groups excluding carboxylic acids is 1. The topological polar surface area (TPSA) is 120 Å². The van der Waals surface area contributed by atoms with E-state index in [0.717, 1.165) is 16.5 Å². The van der Waals surface area contributed by atoms with Gasteiger partial charge in [0.1, 0.15) is 41.0 Å². The second-order valence-corrected chi connectivity index (χ2v) is 10.6. The number of fused-ring (bicyclic) bond motifs is 2. The standard InChI is InChI=1S/C36H33FN6O4/c1-5-47-24-12-14-30(29(37)17-24)42-35-26-13-9-21(2)32(25(26)15-16-38-35)43-36(44)28-8-6-7-27-33(28)40-20-41-34(27)39-19-22-10-11-23(45-3)18-31(22)46-4/h6-18,20H,5,19H2,1-4H3,(H,38,42)(H,43,44)(H,39,40,41). The maximum Gasteiger partial charge on any atom is 0.257 e. The summed E-state index contributed by atoms with van der Waals surface area (Å²) < 4.78 is 31.1. The number of rotatable bonds is 11. The molecule has 0 aliphatic heterocycles. The molecule has 47 heavy (non-hydrogen) atoms. The predicted molar refractivity (Wildman–Crippen MR) is 182 cm³/mol. The van der Waals surface area contributed by atoms with Crippen LogP contribution in [0.2, 0.25) is 0 Å². The number of hydrogen-bond donors (Lipinski definition) is 3. The lowest BCUT2D eigenvalue weighted by Crippen LogP contribution is -2.14. The lowest BCUT2D eigenvalue weighted by molar-refractivity contribution is 0.102. The summed E-state index contributed by atoms with van der Waals surface area (Å²) in [5.41, 5.74) is 3.51. The molecule has 3 N–H and O–H groups in total. The van der Waals surface area contributed by atoms with Gasteiger partial charge in [-0.3, -0.25) is 4.79 Å². The molecule has 1 amide bonds. The third-order valence-corrected chi connectivity index (χ3v) is 7.75. The molecule has 238 valence electrons. The van der Waals surface area contributed by atoms with Crippen molar-refractivity contribution in [1.29, 1.82) is 0 Å². The molecular formula is C36H33FN6O4. The van der Waals surface area contributed by atoms with E-state index in [1.54, 1.807) is 44.7 Å². The minimum Gasteiger partial charge on any atom is -0.497 e. The molecule has 0 atom stereocenters. The molecule has 0 saturated carbocycles. The quantitative estimate of drug-likeness (QED) is 0.132. The molecule has 0 unspecified atom stereocenters. The Morgan fingerprint density at radius 2 is 1.70 bits per heavy atom. The number of amides is 1. The molecule has 4 aromatic carbocycles. The summed E-state index contributed by atoms with van der Waals surface area (Å²) in [5.74, 6) is 2.04. The summed E-state index contributed by atoms with van der Waals surface area (Å²) in [4.78, 5) is 27.2. The lowest BCUT2D eigenvalue weighted by atomic mass is 10.0. The highest BCUT2D eigenvalue weighted by Gasteiger charge is 2.18. The van der Waals surface area contributed by atoms with E-state index in [1.165, 1.54) is 12.4 Å². The number of nitrogens with one attached hydrogen (secondary N) is 3. The zero-order chi connectivity index (χ0) is 32.9. The van der Waals surface area contributed by atoms with Gasteiger partial charge in [-0.15, -0.1) is 0 Å². The van der Waals surface area contributed by atoms with Crippen LogP contribution in [0, 0.1) is 12.7 Å². The van der Waals surface area contributed by atoms with Gasteiger partial charge >= 0.3 is 0 Å². The minimum absolute atomic E-state index is 0.255. The molecule has 0 fully saturated rings. The van der Waals surface area contributed by atoms with E-state index in [9.17, 15) is 9.18 Å². The van der Waals surface area contributed by atoms with Crippen LogP contribution in [0.15, 0.2) is 85.3 Å². The molecule has 6 aromatic rings. The van der Waals surface area contributed by atoms with Crippen LogP contribution in [-0.4, -0.2) is 41.7 Å². The Balaban J connectivity index is 1.28. The highest BCUT2D eigenvalue weighted by atomic mass is 19.1. The van der Waals surface area contributed by atoms with Gasteiger partial charge in [0, 0.05) is 46.6 Å². The molecule has 6 rings (SSSR count). The largest absolute Gasteiger partial charge is 0.497 e. The van der Waals surface area contributed by atoms with Crippen molar-refractivity contribution < 1.29 is 23.4 Å². The highest BCUT2D eigenvalue weighted by molar-refractivity contribution is 6.16. The van der Waals surface area contributed by atoms with Crippen LogP contribution >= 0.6 is 0 Å². The van der Waals surface area contributed by atoms with Crippen molar-refractivity contribution in [2.24, 2.45) is 0 Å². The summed E-state index contributed by atoms with van der Waals surface area (Å²) in [7, 11) is 3.21. The first-order valence-corrected chi connectivity index (χ1v) is 15.0. The molecule has 2 heterocycles. The zero-order valence-corrected chi connectivity index (χ0v) is 26.3. The van der Waals surface area contributed by atoms with Crippen molar-refractivity contribution >= 4 is 50.6 Å². The van der Waals surface area contributed by atoms with Crippen LogP contribution in [0.4, 0.5) is 27.4 Å². The number of nitrogens with zero attached hydrogens (tertiary/aromatic N) is 3. The van der Waals surface area contributed by atoms with Crippen LogP contribution in [0.5, 0.6) is 17.2 Å². The van der Waals surface area contributed by atoms with Crippen LogP contribution in [0.3, 0.4) is 0 Å². The molecule has 0 spiro atoms. The maximum atomic E-state index is 14.9. The summed E-state index contributed by atoms with van der Waals surface area (Å²) in [6.07, 6.45) is 3.05. The number of carbonyl (C=O) groups is 1. The second kappa shape index (κ2) is 13.6. The summed E-state index contributed by atoms with van der Waals surface area (Å²) in [6, 6.07) is 21.2. The smallest absolute Gasteiger partial charge is 0.257 e. The van der Waals surface area contributed by atoms with Gasteiger partial charge in [0.25, 0.3) is 5.91 Å². The zero-order valence-electron chi connectivity index (χ0n) is 26.3. The van der Waals surface area contributed by atoms with Crippen LogP contribution in [-0.2, 0) is 6.54 Å². The molecule has 0 aliphatic carbocycles. The van der Waals surface area contributed by atoms with Crippen LogP contribution in [0.25, 0.3) is 21.7 Å². The van der Waals surface area contributed by atoms with Crippen molar-refractivity contribution in [2.75, 3.05) is 36.8 Å². The molecule has 0 aliphatic rings. The van der Waals surface area contributed by atoms with Gasteiger partial charge in [-0.1, -0.05) is 18.2 Å². The van der Waals surface area contributed by atoms with Gasteiger partial charge in [0.2, 0.25) is 0 Å². The Hall–Kier alpha value is -5.97. The van der Waals surface area contributed by atoms with E-state index in [-0.39, 0.29) is 11.6 Å². The Morgan fingerprint density at radius 1 is 0.851 bits per heavy atom. The number of ether oxygens (including phenoxy) is 3. The second-order valence-electron chi connectivity index (χ2n) is 10.6. The first-order chi connectivity index (χ1) is 22.9. The van der Waals surface area contributed by atoms with Crippen molar-refractivity contribution in [3.8, 4) is 17.2 Å². The highest BCUT2D eigenvalue weighted by Crippen LogP contribution is 2.34. The van der Waals surface area contributed by atoms with Gasteiger partial charge in [-0.05, 0) is 61.9 Å². The molecule has 0 bridgehead atoms. The fraction of sp³-hybridized carbons (Fsp3) is 0.167. The fourth-order valence-corrected chi connectivity index (χ4v) is 5.38. The van der Waals surface area contributed by atoms with Crippen LogP contribution in [0.1, 0.15) is 28.4 Å². The van der Waals surface area contributed by atoms with Gasteiger partial charge in [-0.2, -0.15) is 0 Å². The Morgan fingerprint density at radius 3 is 2.49 bits per heavy atom. The third-order valence-electron chi connectivity index (χ3n) is 7.75. The number of hydrogen-bond acceptors (Lipinski definition) is 9. The van der Waals surface area contributed by atoms with Gasteiger partial charge < -0.3 is 30.2 Å². The summed E-state index contributed by atoms with van der Waals surface area (Å²) in [6.45, 7) is 4.62. The number of methoxy groups -OCH3 is 2. The number of aromatic nitrogens is 3. The molecule has 2 aromatic heterocycles. The number of pyridine rings is 1. The molecule has 10 nitrogen and oxygen atoms in total. The van der Waals surface area contributed by atoms with Crippen molar-refractivity contribution in [2.45, 2.75) is 20.4 Å². The molecule has 0 radical (unpaired) electrons. The Bertz CT molecular complexity index is 2110. The van der Waals surface area contributed by atoms with E-state index in [0.29, 0.717) is 69.6 Å². The monoisotopic (exact) mass is 632 g/mol.